The number of hydrogen-bond donors (Lipinski definition) is 1. The van der Waals surface area contributed by atoms with Gasteiger partial charge in [-0.2, -0.15) is 0 Å². The van der Waals surface area contributed by atoms with Gasteiger partial charge in [-0.3, -0.25) is 9.59 Å². The molecule has 1 aromatic rings. The highest BCUT2D eigenvalue weighted by atomic mass is 16.2. The van der Waals surface area contributed by atoms with Gasteiger partial charge in [0, 0.05) is 51.4 Å². The van der Waals surface area contributed by atoms with Gasteiger partial charge in [0.2, 0.25) is 5.91 Å². The van der Waals surface area contributed by atoms with Crippen molar-refractivity contribution in [2.75, 3.05) is 38.6 Å². The van der Waals surface area contributed by atoms with Crippen LogP contribution in [0.2, 0.25) is 0 Å². The maximum Gasteiger partial charge on any atom is 0.253 e. The molecule has 0 spiro atoms. The number of piperidine rings is 1. The van der Waals surface area contributed by atoms with Gasteiger partial charge in [-0.25, -0.2) is 4.98 Å². The third-order valence-corrected chi connectivity index (χ3v) is 4.67. The molecule has 6 heteroatoms. The molecule has 1 N–H and O–H groups in total. The summed E-state index contributed by atoms with van der Waals surface area (Å²) < 4.78 is 0. The number of nitrogens with one attached hydrogen (secondary N) is 1. The Morgan fingerprint density at radius 2 is 2.00 bits per heavy atom. The van der Waals surface area contributed by atoms with Gasteiger partial charge >= 0.3 is 0 Å². The normalized spacial score (nSPS) is 15.1. The van der Waals surface area contributed by atoms with Crippen LogP contribution in [0.25, 0.3) is 0 Å². The highest BCUT2D eigenvalue weighted by Gasteiger charge is 2.25. The second kappa shape index (κ2) is 9.39. The molecule has 0 saturated carbocycles. The Bertz CT molecular complexity index is 581. The molecule has 1 fully saturated rings. The fourth-order valence-corrected chi connectivity index (χ4v) is 3.08. The minimum absolute atomic E-state index is 0.0232. The maximum absolute atomic E-state index is 12.2. The molecule has 2 heterocycles. The van der Waals surface area contributed by atoms with Crippen LogP contribution in [0, 0.1) is 5.92 Å². The summed E-state index contributed by atoms with van der Waals surface area (Å²) in [5.41, 5.74) is 0.644. The van der Waals surface area contributed by atoms with Crippen molar-refractivity contribution in [2.24, 2.45) is 5.92 Å². The second-order valence-corrected chi connectivity index (χ2v) is 6.86. The number of carbonyl (C=O) groups excluding carboxylic acids is 2. The SMILES string of the molecule is CCCCCNC(=O)C1CCN(c2cc(C(=O)N(C)C)ccn2)CC1. The van der Waals surface area contributed by atoms with E-state index in [1.54, 1.807) is 31.3 Å². The Kier molecular flexibility index (Phi) is 7.22. The zero-order chi connectivity index (χ0) is 18.2. The monoisotopic (exact) mass is 346 g/mol. The summed E-state index contributed by atoms with van der Waals surface area (Å²) in [6.45, 7) is 4.52. The number of rotatable bonds is 7. The number of unbranched alkanes of at least 4 members (excludes halogenated alkanes) is 2. The molecule has 25 heavy (non-hydrogen) atoms. The summed E-state index contributed by atoms with van der Waals surface area (Å²) in [6.07, 6.45) is 6.71. The fraction of sp³-hybridized carbons (Fsp3) is 0.632. The zero-order valence-corrected chi connectivity index (χ0v) is 15.6. The van der Waals surface area contributed by atoms with Gasteiger partial charge in [0.25, 0.3) is 5.91 Å². The molecule has 1 saturated heterocycles. The molecule has 0 radical (unpaired) electrons. The standard InChI is InChI=1S/C19H30N4O2/c1-4-5-6-10-21-18(24)15-8-12-23(13-9-15)17-14-16(7-11-20-17)19(25)22(2)3/h7,11,14-15H,4-6,8-10,12-13H2,1-3H3,(H,21,24). The number of anilines is 1. The van der Waals surface area contributed by atoms with Crippen molar-refractivity contribution in [2.45, 2.75) is 39.0 Å². The van der Waals surface area contributed by atoms with Crippen molar-refractivity contribution in [3.63, 3.8) is 0 Å². The van der Waals surface area contributed by atoms with E-state index in [0.29, 0.717) is 5.56 Å². The highest BCUT2D eigenvalue weighted by molar-refractivity contribution is 5.94. The van der Waals surface area contributed by atoms with Crippen molar-refractivity contribution in [3.05, 3.63) is 23.9 Å². The average Bonchev–Trinajstić information content (AvgIpc) is 2.64. The van der Waals surface area contributed by atoms with Crippen LogP contribution in [0.5, 0.6) is 0 Å². The van der Waals surface area contributed by atoms with Crippen LogP contribution < -0.4 is 10.2 Å². The third-order valence-electron chi connectivity index (χ3n) is 4.67. The van der Waals surface area contributed by atoms with Gasteiger partial charge in [0.15, 0.2) is 0 Å². The number of carbonyl (C=O) groups is 2. The Balaban J connectivity index is 1.86. The summed E-state index contributed by atoms with van der Waals surface area (Å²) in [5.74, 6) is 1.06. The lowest BCUT2D eigenvalue weighted by molar-refractivity contribution is -0.125. The van der Waals surface area contributed by atoms with E-state index in [4.69, 9.17) is 0 Å². The molecule has 0 aliphatic carbocycles. The van der Waals surface area contributed by atoms with E-state index in [1.807, 2.05) is 6.07 Å². The van der Waals surface area contributed by atoms with E-state index in [2.05, 4.69) is 22.1 Å². The number of amides is 2. The van der Waals surface area contributed by atoms with E-state index in [9.17, 15) is 9.59 Å². The minimum Gasteiger partial charge on any atom is -0.357 e. The molecule has 138 valence electrons. The Hall–Kier alpha value is -2.11. The quantitative estimate of drug-likeness (QED) is 0.770. The minimum atomic E-state index is -0.0232. The molecule has 1 aliphatic rings. The first-order valence-corrected chi connectivity index (χ1v) is 9.23. The van der Waals surface area contributed by atoms with Crippen LogP contribution in [0.1, 0.15) is 49.4 Å². The Morgan fingerprint density at radius 3 is 2.64 bits per heavy atom. The van der Waals surface area contributed by atoms with Crippen LogP contribution in [-0.2, 0) is 4.79 Å². The maximum atomic E-state index is 12.2. The van der Waals surface area contributed by atoms with Gasteiger partial charge in [-0.1, -0.05) is 19.8 Å². The number of nitrogens with zero attached hydrogens (tertiary/aromatic N) is 3. The number of aromatic nitrogens is 1. The summed E-state index contributed by atoms with van der Waals surface area (Å²) >= 11 is 0. The Morgan fingerprint density at radius 1 is 1.28 bits per heavy atom. The van der Waals surface area contributed by atoms with Gasteiger partial charge in [-0.05, 0) is 31.4 Å². The first-order valence-electron chi connectivity index (χ1n) is 9.23. The van der Waals surface area contributed by atoms with Crippen LogP contribution >= 0.6 is 0 Å². The molecule has 0 unspecified atom stereocenters. The molecule has 1 aromatic heterocycles. The lowest BCUT2D eigenvalue weighted by Gasteiger charge is -2.32. The number of hydrogen-bond acceptors (Lipinski definition) is 4. The number of pyridine rings is 1. The highest BCUT2D eigenvalue weighted by Crippen LogP contribution is 2.22. The third kappa shape index (κ3) is 5.44. The fourth-order valence-electron chi connectivity index (χ4n) is 3.08. The predicted octanol–water partition coefficient (Wildman–Crippen LogP) is 2.31. The molecule has 2 amide bonds. The van der Waals surface area contributed by atoms with Gasteiger partial charge < -0.3 is 15.1 Å². The van der Waals surface area contributed by atoms with E-state index < -0.39 is 0 Å². The van der Waals surface area contributed by atoms with Crippen molar-refractivity contribution in [3.8, 4) is 0 Å². The summed E-state index contributed by atoms with van der Waals surface area (Å²) in [6, 6.07) is 3.58. The first-order chi connectivity index (χ1) is 12.0. The molecule has 6 nitrogen and oxygen atoms in total. The summed E-state index contributed by atoms with van der Waals surface area (Å²) in [4.78, 5) is 32.4. The van der Waals surface area contributed by atoms with E-state index in [0.717, 1.165) is 57.6 Å². The molecule has 0 bridgehead atoms. The van der Waals surface area contributed by atoms with Crippen LogP contribution in [0.15, 0.2) is 18.3 Å². The van der Waals surface area contributed by atoms with Gasteiger partial charge in [0.1, 0.15) is 5.82 Å². The zero-order valence-electron chi connectivity index (χ0n) is 15.6. The van der Waals surface area contributed by atoms with Crippen LogP contribution in [-0.4, -0.2) is 55.4 Å². The predicted molar refractivity (Wildman–Crippen MR) is 99.7 cm³/mol. The van der Waals surface area contributed by atoms with E-state index in [-0.39, 0.29) is 17.7 Å². The summed E-state index contributed by atoms with van der Waals surface area (Å²) in [5, 5.41) is 3.06. The van der Waals surface area contributed by atoms with Gasteiger partial charge in [0.05, 0.1) is 0 Å². The van der Waals surface area contributed by atoms with Crippen LogP contribution in [0.3, 0.4) is 0 Å². The second-order valence-electron chi connectivity index (χ2n) is 6.86. The molecule has 2 rings (SSSR count). The van der Waals surface area contributed by atoms with Crippen molar-refractivity contribution < 1.29 is 9.59 Å². The molecular formula is C19H30N4O2. The van der Waals surface area contributed by atoms with E-state index in [1.165, 1.54) is 0 Å². The topological polar surface area (TPSA) is 65.5 Å². The summed E-state index contributed by atoms with van der Waals surface area (Å²) in [7, 11) is 3.49. The molecule has 1 aliphatic heterocycles. The molecule has 0 aromatic carbocycles. The lowest BCUT2D eigenvalue weighted by atomic mass is 9.95. The average molecular weight is 346 g/mol. The van der Waals surface area contributed by atoms with Crippen molar-refractivity contribution >= 4 is 17.6 Å². The first kappa shape index (κ1) is 19.2. The van der Waals surface area contributed by atoms with Crippen LogP contribution in [0.4, 0.5) is 5.82 Å². The van der Waals surface area contributed by atoms with Gasteiger partial charge in [-0.15, -0.1) is 0 Å². The molecular weight excluding hydrogens is 316 g/mol. The van der Waals surface area contributed by atoms with E-state index >= 15 is 0 Å². The van der Waals surface area contributed by atoms with Crippen molar-refractivity contribution in [1.82, 2.24) is 15.2 Å². The van der Waals surface area contributed by atoms with Crippen molar-refractivity contribution in [1.29, 1.82) is 0 Å². The lowest BCUT2D eigenvalue weighted by Crippen LogP contribution is -2.41. The smallest absolute Gasteiger partial charge is 0.253 e. The largest absolute Gasteiger partial charge is 0.357 e. The molecule has 0 atom stereocenters. The Labute approximate surface area is 150 Å².